The van der Waals surface area contributed by atoms with Crippen molar-refractivity contribution in [2.45, 2.75) is 32.1 Å². The Kier molecular flexibility index (Phi) is 3.56. The molecule has 16 heavy (non-hydrogen) atoms. The van der Waals surface area contributed by atoms with E-state index in [0.717, 1.165) is 0 Å². The first-order valence-corrected chi connectivity index (χ1v) is 6.16. The molecule has 0 aromatic heterocycles. The van der Waals surface area contributed by atoms with Crippen molar-refractivity contribution in [3.63, 3.8) is 0 Å². The van der Waals surface area contributed by atoms with Crippen LogP contribution in [0.25, 0.3) is 0 Å². The summed E-state index contributed by atoms with van der Waals surface area (Å²) in [7, 11) is 0. The van der Waals surface area contributed by atoms with Gasteiger partial charge in [0.05, 0.1) is 0 Å². The molecule has 2 aliphatic rings. The minimum absolute atomic E-state index is 0. The lowest BCUT2D eigenvalue weighted by atomic mass is 9.66. The first-order chi connectivity index (χ1) is 7.38. The molecular weight excluding hydrogens is 218 g/mol. The average molecular weight is 238 g/mol. The third-order valence-electron chi connectivity index (χ3n) is 4.27. The van der Waals surface area contributed by atoms with Gasteiger partial charge in [0.1, 0.15) is 0 Å². The van der Waals surface area contributed by atoms with Crippen molar-refractivity contribution in [1.82, 2.24) is 5.32 Å². The molecule has 0 atom stereocenters. The maximum Gasteiger partial charge on any atom is -0.00435 e. The number of fused-ring (bicyclic) bond motifs is 1. The second-order valence-electron chi connectivity index (χ2n) is 5.20. The van der Waals surface area contributed by atoms with E-state index in [-0.39, 0.29) is 12.4 Å². The van der Waals surface area contributed by atoms with Gasteiger partial charge in [-0.1, -0.05) is 24.3 Å². The Bertz CT molecular complexity index is 356. The second kappa shape index (κ2) is 4.77. The number of piperidine rings is 1. The molecular formula is C14H20ClN. The standard InChI is InChI=1S/C14H19N.ClH/c1-2-4-13-11-14(6-5-12(13)3-1)7-9-15-10-8-14;/h1-4,15H,5-11H2;1H. The lowest BCUT2D eigenvalue weighted by molar-refractivity contribution is 0.174. The van der Waals surface area contributed by atoms with Gasteiger partial charge in [-0.25, -0.2) is 0 Å². The van der Waals surface area contributed by atoms with E-state index in [2.05, 4.69) is 29.6 Å². The molecule has 0 radical (unpaired) electrons. The largest absolute Gasteiger partial charge is 0.317 e. The molecule has 1 saturated heterocycles. The van der Waals surface area contributed by atoms with Crippen LogP contribution in [0.5, 0.6) is 0 Å². The highest BCUT2D eigenvalue weighted by Gasteiger charge is 2.34. The van der Waals surface area contributed by atoms with E-state index in [1.807, 2.05) is 0 Å². The van der Waals surface area contributed by atoms with Crippen molar-refractivity contribution in [2.75, 3.05) is 13.1 Å². The second-order valence-corrected chi connectivity index (χ2v) is 5.20. The zero-order chi connectivity index (χ0) is 10.1. The Morgan fingerprint density at radius 2 is 1.62 bits per heavy atom. The summed E-state index contributed by atoms with van der Waals surface area (Å²) in [6, 6.07) is 9.01. The fourth-order valence-corrected chi connectivity index (χ4v) is 3.25. The van der Waals surface area contributed by atoms with E-state index >= 15 is 0 Å². The first kappa shape index (κ1) is 11.9. The molecule has 1 N–H and O–H groups in total. The molecule has 0 amide bonds. The van der Waals surface area contributed by atoms with Crippen LogP contribution in [0, 0.1) is 5.41 Å². The van der Waals surface area contributed by atoms with E-state index in [9.17, 15) is 0 Å². The SMILES string of the molecule is Cl.c1ccc2c(c1)CCC1(CCNCC1)C2. The lowest BCUT2D eigenvalue weighted by Gasteiger charge is -2.41. The number of rotatable bonds is 0. The number of hydrogen-bond acceptors (Lipinski definition) is 1. The zero-order valence-electron chi connectivity index (χ0n) is 9.67. The molecule has 1 aliphatic carbocycles. The molecule has 1 fully saturated rings. The third-order valence-corrected chi connectivity index (χ3v) is 4.27. The topological polar surface area (TPSA) is 12.0 Å². The summed E-state index contributed by atoms with van der Waals surface area (Å²) < 4.78 is 0. The van der Waals surface area contributed by atoms with Crippen LogP contribution in [0.2, 0.25) is 0 Å². The molecule has 1 aromatic rings. The number of halogens is 1. The average Bonchev–Trinajstić information content (AvgIpc) is 2.30. The van der Waals surface area contributed by atoms with Gasteiger partial charge in [0.25, 0.3) is 0 Å². The van der Waals surface area contributed by atoms with Gasteiger partial charge in [-0.2, -0.15) is 0 Å². The monoisotopic (exact) mass is 237 g/mol. The molecule has 0 unspecified atom stereocenters. The van der Waals surface area contributed by atoms with E-state index < -0.39 is 0 Å². The highest BCUT2D eigenvalue weighted by molar-refractivity contribution is 5.85. The Morgan fingerprint density at radius 1 is 0.938 bits per heavy atom. The lowest BCUT2D eigenvalue weighted by Crippen LogP contribution is -2.40. The van der Waals surface area contributed by atoms with Gasteiger partial charge >= 0.3 is 0 Å². The number of benzene rings is 1. The summed E-state index contributed by atoms with van der Waals surface area (Å²) in [5.41, 5.74) is 3.85. The summed E-state index contributed by atoms with van der Waals surface area (Å²) in [5, 5.41) is 3.48. The van der Waals surface area contributed by atoms with Gasteiger partial charge < -0.3 is 5.32 Å². The molecule has 1 spiro atoms. The van der Waals surface area contributed by atoms with Crippen molar-refractivity contribution in [3.05, 3.63) is 35.4 Å². The van der Waals surface area contributed by atoms with E-state index in [1.54, 1.807) is 11.1 Å². The zero-order valence-corrected chi connectivity index (χ0v) is 10.5. The molecule has 1 nitrogen and oxygen atoms in total. The van der Waals surface area contributed by atoms with E-state index in [1.165, 1.54) is 45.2 Å². The highest BCUT2D eigenvalue weighted by Crippen LogP contribution is 2.41. The van der Waals surface area contributed by atoms with Crippen LogP contribution in [0.15, 0.2) is 24.3 Å². The van der Waals surface area contributed by atoms with Gasteiger partial charge in [-0.05, 0) is 61.7 Å². The number of aryl methyl sites for hydroxylation is 1. The molecule has 3 rings (SSSR count). The minimum atomic E-state index is 0. The smallest absolute Gasteiger partial charge is 0.00435 e. The van der Waals surface area contributed by atoms with Crippen molar-refractivity contribution in [2.24, 2.45) is 5.41 Å². The molecule has 88 valence electrons. The maximum absolute atomic E-state index is 3.48. The summed E-state index contributed by atoms with van der Waals surface area (Å²) in [5.74, 6) is 0. The number of hydrogen-bond donors (Lipinski definition) is 1. The Balaban J connectivity index is 0.000000963. The van der Waals surface area contributed by atoms with E-state index in [0.29, 0.717) is 5.41 Å². The summed E-state index contributed by atoms with van der Waals surface area (Å²) in [6.07, 6.45) is 6.79. The maximum atomic E-state index is 3.48. The fourth-order valence-electron chi connectivity index (χ4n) is 3.25. The van der Waals surface area contributed by atoms with Gasteiger partial charge in [-0.15, -0.1) is 12.4 Å². The number of nitrogens with one attached hydrogen (secondary N) is 1. The predicted octanol–water partition coefficient (Wildman–Crippen LogP) is 2.97. The molecule has 1 heterocycles. The van der Waals surface area contributed by atoms with Gasteiger partial charge in [0.15, 0.2) is 0 Å². The first-order valence-electron chi connectivity index (χ1n) is 6.16. The minimum Gasteiger partial charge on any atom is -0.317 e. The van der Waals surface area contributed by atoms with Crippen molar-refractivity contribution < 1.29 is 0 Å². The predicted molar refractivity (Wildman–Crippen MR) is 70.3 cm³/mol. The van der Waals surface area contributed by atoms with Crippen LogP contribution in [0.1, 0.15) is 30.4 Å². The summed E-state index contributed by atoms with van der Waals surface area (Å²) >= 11 is 0. The molecule has 0 bridgehead atoms. The van der Waals surface area contributed by atoms with Crippen molar-refractivity contribution in [3.8, 4) is 0 Å². The van der Waals surface area contributed by atoms with Crippen LogP contribution in [-0.4, -0.2) is 13.1 Å². The summed E-state index contributed by atoms with van der Waals surface area (Å²) in [6.45, 7) is 2.45. The van der Waals surface area contributed by atoms with Gasteiger partial charge in [0, 0.05) is 0 Å². The van der Waals surface area contributed by atoms with Crippen LogP contribution in [0.3, 0.4) is 0 Å². The van der Waals surface area contributed by atoms with Crippen LogP contribution in [-0.2, 0) is 12.8 Å². The Labute approximate surface area is 104 Å². The van der Waals surface area contributed by atoms with Crippen LogP contribution >= 0.6 is 12.4 Å². The molecule has 1 aliphatic heterocycles. The van der Waals surface area contributed by atoms with Gasteiger partial charge in [0.2, 0.25) is 0 Å². The van der Waals surface area contributed by atoms with Crippen molar-refractivity contribution >= 4 is 12.4 Å². The highest BCUT2D eigenvalue weighted by atomic mass is 35.5. The van der Waals surface area contributed by atoms with Crippen LogP contribution < -0.4 is 5.32 Å². The van der Waals surface area contributed by atoms with Crippen LogP contribution in [0.4, 0.5) is 0 Å². The Morgan fingerprint density at radius 3 is 2.38 bits per heavy atom. The molecule has 2 heteroatoms. The van der Waals surface area contributed by atoms with Crippen molar-refractivity contribution in [1.29, 1.82) is 0 Å². The molecule has 0 saturated carbocycles. The fraction of sp³-hybridized carbons (Fsp3) is 0.571. The Hall–Kier alpha value is -0.530. The third kappa shape index (κ3) is 2.11. The quantitative estimate of drug-likeness (QED) is 0.732. The van der Waals surface area contributed by atoms with E-state index in [4.69, 9.17) is 0 Å². The molecule has 1 aromatic carbocycles. The normalized spacial score (nSPS) is 22.2. The van der Waals surface area contributed by atoms with Gasteiger partial charge in [-0.3, -0.25) is 0 Å². The summed E-state index contributed by atoms with van der Waals surface area (Å²) in [4.78, 5) is 0.